The molecule has 0 radical (unpaired) electrons. The molecule has 5 aromatic rings. The predicted octanol–water partition coefficient (Wildman–Crippen LogP) is 7.19. The molecule has 1 atom stereocenters. The van der Waals surface area contributed by atoms with Crippen LogP contribution in [0.4, 0.5) is 11.5 Å². The smallest absolute Gasteiger partial charge is 0.272 e. The molecule has 46 heavy (non-hydrogen) atoms. The molecule has 0 bridgehead atoms. The number of nitrogens with one attached hydrogen (secondary N) is 3. The SMILES string of the molecule is CC(Sc1cccc(NC(=O)/C(=C/c2ccc(OCc3ccccc3)cc2)NC(=O)c2ccccc2)c1)C(=O)Nc1ccccn1. The van der Waals surface area contributed by atoms with Gasteiger partial charge in [-0.2, -0.15) is 0 Å². The van der Waals surface area contributed by atoms with Gasteiger partial charge < -0.3 is 20.7 Å². The lowest BCUT2D eigenvalue weighted by Gasteiger charge is -2.14. The van der Waals surface area contributed by atoms with Crippen LogP contribution in [-0.2, 0) is 16.2 Å². The minimum absolute atomic E-state index is 0.0629. The number of rotatable bonds is 12. The number of aromatic nitrogens is 1. The summed E-state index contributed by atoms with van der Waals surface area (Å²) in [6.07, 6.45) is 3.22. The van der Waals surface area contributed by atoms with Crippen molar-refractivity contribution >= 4 is 47.1 Å². The van der Waals surface area contributed by atoms with Gasteiger partial charge in [0.25, 0.3) is 11.8 Å². The summed E-state index contributed by atoms with van der Waals surface area (Å²) in [4.78, 5) is 44.2. The van der Waals surface area contributed by atoms with E-state index in [2.05, 4.69) is 20.9 Å². The average molecular weight is 629 g/mol. The molecule has 0 saturated carbocycles. The number of carbonyl (C=O) groups excluding carboxylic acids is 3. The first-order chi connectivity index (χ1) is 22.4. The molecular formula is C37H32N4O4S. The van der Waals surface area contributed by atoms with Gasteiger partial charge in [0.05, 0.1) is 5.25 Å². The molecule has 3 N–H and O–H groups in total. The fourth-order valence-electron chi connectivity index (χ4n) is 4.28. The highest BCUT2D eigenvalue weighted by atomic mass is 32.2. The van der Waals surface area contributed by atoms with Crippen molar-refractivity contribution in [1.82, 2.24) is 10.3 Å². The summed E-state index contributed by atoms with van der Waals surface area (Å²) in [5.74, 6) is 0.0480. The molecule has 0 aliphatic heterocycles. The third-order valence-corrected chi connectivity index (χ3v) is 7.75. The Hall–Kier alpha value is -5.67. The van der Waals surface area contributed by atoms with Crippen molar-refractivity contribution in [3.05, 3.63) is 156 Å². The number of hydrogen-bond donors (Lipinski definition) is 3. The van der Waals surface area contributed by atoms with Gasteiger partial charge in [0, 0.05) is 22.3 Å². The van der Waals surface area contributed by atoms with Crippen LogP contribution in [0, 0.1) is 0 Å². The number of hydrogen-bond acceptors (Lipinski definition) is 6. The molecular weight excluding hydrogens is 596 g/mol. The minimum atomic E-state index is -0.503. The standard InChI is InChI=1S/C37H32N4O4S/c1-26(35(42)41-34-17-8-9-22-38-34)46-32-16-10-15-30(24-32)39-37(44)33(40-36(43)29-13-6-3-7-14-29)23-27-18-20-31(21-19-27)45-25-28-11-4-2-5-12-28/h2-24,26H,25H2,1H3,(H,39,44)(H,40,43)(H,38,41,42)/b33-23-. The number of carbonyl (C=O) groups is 3. The zero-order valence-electron chi connectivity index (χ0n) is 25.1. The van der Waals surface area contributed by atoms with Crippen molar-refractivity contribution in [3.63, 3.8) is 0 Å². The molecule has 0 aliphatic carbocycles. The van der Waals surface area contributed by atoms with E-state index in [-0.39, 0.29) is 11.6 Å². The van der Waals surface area contributed by atoms with E-state index in [4.69, 9.17) is 4.74 Å². The normalized spacial score (nSPS) is 11.6. The molecule has 1 unspecified atom stereocenters. The lowest BCUT2D eigenvalue weighted by Crippen LogP contribution is -2.30. The minimum Gasteiger partial charge on any atom is -0.489 e. The summed E-state index contributed by atoms with van der Waals surface area (Å²) in [5, 5.41) is 8.02. The lowest BCUT2D eigenvalue weighted by molar-refractivity contribution is -0.115. The van der Waals surface area contributed by atoms with E-state index in [0.29, 0.717) is 35.0 Å². The van der Waals surface area contributed by atoms with Crippen molar-refractivity contribution < 1.29 is 19.1 Å². The average Bonchev–Trinajstić information content (AvgIpc) is 3.09. The molecule has 5 rings (SSSR count). The van der Waals surface area contributed by atoms with E-state index in [1.807, 2.05) is 66.7 Å². The van der Waals surface area contributed by atoms with Crippen LogP contribution in [0.3, 0.4) is 0 Å². The Morgan fingerprint density at radius 1 is 0.804 bits per heavy atom. The summed E-state index contributed by atoms with van der Waals surface area (Å²) in [5.41, 5.74) is 2.74. The Morgan fingerprint density at radius 2 is 1.52 bits per heavy atom. The van der Waals surface area contributed by atoms with Crippen LogP contribution in [0.15, 0.2) is 144 Å². The number of ether oxygens (including phenoxy) is 1. The molecule has 0 aliphatic rings. The van der Waals surface area contributed by atoms with Crippen LogP contribution >= 0.6 is 11.8 Å². The van der Waals surface area contributed by atoms with Crippen molar-refractivity contribution in [1.29, 1.82) is 0 Å². The molecule has 1 heterocycles. The van der Waals surface area contributed by atoms with Gasteiger partial charge in [0.15, 0.2) is 0 Å². The van der Waals surface area contributed by atoms with E-state index >= 15 is 0 Å². The van der Waals surface area contributed by atoms with E-state index < -0.39 is 17.1 Å². The van der Waals surface area contributed by atoms with Crippen LogP contribution in [0.5, 0.6) is 5.75 Å². The van der Waals surface area contributed by atoms with Crippen molar-refractivity contribution in [2.75, 3.05) is 10.6 Å². The Bertz CT molecular complexity index is 1800. The lowest BCUT2D eigenvalue weighted by atomic mass is 10.1. The third kappa shape index (κ3) is 9.41. The summed E-state index contributed by atoms with van der Waals surface area (Å²) >= 11 is 1.35. The Balaban J connectivity index is 1.28. The highest BCUT2D eigenvalue weighted by Gasteiger charge is 2.18. The molecule has 230 valence electrons. The van der Waals surface area contributed by atoms with Gasteiger partial charge in [0.1, 0.15) is 23.9 Å². The second-order valence-electron chi connectivity index (χ2n) is 10.2. The molecule has 4 aromatic carbocycles. The second-order valence-corrected chi connectivity index (χ2v) is 11.6. The van der Waals surface area contributed by atoms with E-state index in [1.54, 1.807) is 79.9 Å². The van der Waals surface area contributed by atoms with Crippen LogP contribution in [0.25, 0.3) is 6.08 Å². The van der Waals surface area contributed by atoms with E-state index in [1.165, 1.54) is 11.8 Å². The maximum absolute atomic E-state index is 13.6. The highest BCUT2D eigenvalue weighted by molar-refractivity contribution is 8.00. The van der Waals surface area contributed by atoms with Gasteiger partial charge in [-0.05, 0) is 78.7 Å². The summed E-state index contributed by atoms with van der Waals surface area (Å²) < 4.78 is 5.88. The first-order valence-corrected chi connectivity index (χ1v) is 15.5. The van der Waals surface area contributed by atoms with Crippen molar-refractivity contribution in [2.24, 2.45) is 0 Å². The number of benzene rings is 4. The Morgan fingerprint density at radius 3 is 2.24 bits per heavy atom. The molecule has 0 fully saturated rings. The van der Waals surface area contributed by atoms with Gasteiger partial charge in [0.2, 0.25) is 5.91 Å². The van der Waals surface area contributed by atoms with Crippen molar-refractivity contribution in [2.45, 2.75) is 23.7 Å². The van der Waals surface area contributed by atoms with Gasteiger partial charge in [-0.1, -0.05) is 72.8 Å². The molecule has 1 aromatic heterocycles. The number of nitrogens with zero attached hydrogens (tertiary/aromatic N) is 1. The van der Waals surface area contributed by atoms with Crippen LogP contribution in [-0.4, -0.2) is 28.0 Å². The van der Waals surface area contributed by atoms with Gasteiger partial charge in [-0.25, -0.2) is 4.98 Å². The van der Waals surface area contributed by atoms with Crippen LogP contribution in [0.2, 0.25) is 0 Å². The number of amides is 3. The van der Waals surface area contributed by atoms with Crippen LogP contribution < -0.4 is 20.7 Å². The summed E-state index contributed by atoms with van der Waals surface area (Å²) in [6.45, 7) is 2.23. The molecule has 3 amide bonds. The first-order valence-electron chi connectivity index (χ1n) is 14.6. The zero-order valence-corrected chi connectivity index (χ0v) is 25.9. The summed E-state index contributed by atoms with van der Waals surface area (Å²) in [7, 11) is 0. The van der Waals surface area contributed by atoms with Gasteiger partial charge >= 0.3 is 0 Å². The van der Waals surface area contributed by atoms with E-state index in [9.17, 15) is 14.4 Å². The van der Waals surface area contributed by atoms with E-state index in [0.717, 1.165) is 10.5 Å². The quantitative estimate of drug-likeness (QED) is 0.0997. The largest absolute Gasteiger partial charge is 0.489 e. The molecule has 0 saturated heterocycles. The zero-order chi connectivity index (χ0) is 32.1. The summed E-state index contributed by atoms with van der Waals surface area (Å²) in [6, 6.07) is 38.3. The topological polar surface area (TPSA) is 109 Å². The molecule has 0 spiro atoms. The number of thioether (sulfide) groups is 1. The maximum Gasteiger partial charge on any atom is 0.272 e. The Labute approximate surface area is 271 Å². The van der Waals surface area contributed by atoms with Crippen molar-refractivity contribution in [3.8, 4) is 5.75 Å². The van der Waals surface area contributed by atoms with Crippen LogP contribution in [0.1, 0.15) is 28.4 Å². The maximum atomic E-state index is 13.6. The molecule has 9 heteroatoms. The fraction of sp³-hybridized carbons (Fsp3) is 0.0811. The first kappa shape index (κ1) is 31.7. The van der Waals surface area contributed by atoms with Gasteiger partial charge in [-0.3, -0.25) is 14.4 Å². The highest BCUT2D eigenvalue weighted by Crippen LogP contribution is 2.27. The Kier molecular flexibility index (Phi) is 11.0. The number of anilines is 2. The predicted molar refractivity (Wildman–Crippen MR) is 182 cm³/mol. The molecule has 8 nitrogen and oxygen atoms in total. The second kappa shape index (κ2) is 15.9. The monoisotopic (exact) mass is 628 g/mol. The third-order valence-electron chi connectivity index (χ3n) is 6.66. The number of pyridine rings is 1. The van der Waals surface area contributed by atoms with Gasteiger partial charge in [-0.15, -0.1) is 11.8 Å². The fourth-order valence-corrected chi connectivity index (χ4v) is 5.20.